The van der Waals surface area contributed by atoms with Crippen molar-refractivity contribution in [3.05, 3.63) is 72.5 Å². The Morgan fingerprint density at radius 3 is 2.36 bits per heavy atom. The molecule has 1 aromatic heterocycles. The van der Waals surface area contributed by atoms with E-state index in [4.69, 9.17) is 9.31 Å². The molecule has 0 bridgehead atoms. The summed E-state index contributed by atoms with van der Waals surface area (Å²) < 4.78 is 52.5. The first kappa shape index (κ1) is 18.6. The van der Waals surface area contributed by atoms with Crippen molar-refractivity contribution in [1.29, 1.82) is 0 Å². The van der Waals surface area contributed by atoms with Crippen LogP contribution in [0.25, 0.3) is 22.2 Å². The van der Waals surface area contributed by atoms with E-state index in [9.17, 15) is 13.2 Å². The van der Waals surface area contributed by atoms with Crippen LogP contribution >= 0.6 is 0 Å². The molecule has 3 aromatic rings. The first-order valence-electron chi connectivity index (χ1n) is 8.76. The molecule has 0 atom stereocenters. The van der Waals surface area contributed by atoms with E-state index in [0.29, 0.717) is 16.8 Å². The molecule has 2 heterocycles. The van der Waals surface area contributed by atoms with Crippen molar-refractivity contribution >= 4 is 23.5 Å². The second-order valence-corrected chi connectivity index (χ2v) is 7.20. The van der Waals surface area contributed by atoms with Gasteiger partial charge in [0.05, 0.1) is 22.5 Å². The predicted molar refractivity (Wildman–Crippen MR) is 103 cm³/mol. The van der Waals surface area contributed by atoms with Gasteiger partial charge in [0.25, 0.3) is 0 Å². The average molecular weight is 383 g/mol. The highest BCUT2D eigenvalue weighted by atomic mass is 19.4. The maximum Gasteiger partial charge on any atom is 0.563 e. The van der Waals surface area contributed by atoms with Crippen molar-refractivity contribution in [3.8, 4) is 11.3 Å². The highest BCUT2D eigenvalue weighted by Crippen LogP contribution is 2.37. The fraction of sp³-hybridized carbons (Fsp3) is 0.190. The molecule has 0 N–H and O–H groups in total. The highest BCUT2D eigenvalue weighted by Gasteiger charge is 2.43. The second kappa shape index (κ2) is 6.38. The molecule has 28 heavy (non-hydrogen) atoms. The molecular formula is C21H17BF3NO2. The number of pyridine rings is 1. The van der Waals surface area contributed by atoms with Crippen LogP contribution in [0.1, 0.15) is 19.4 Å². The molecule has 3 nitrogen and oxygen atoms in total. The molecule has 0 aliphatic carbocycles. The van der Waals surface area contributed by atoms with Crippen molar-refractivity contribution < 1.29 is 22.5 Å². The standard InChI is InChI=1S/C21H17BF3NO2/c1-13-20(2,3)28-22(27-13)15-9-10-16-17(21(23,24)25)12-18(26-19(16)11-15)14-7-5-4-6-8-14/h4-12H,1H2,2-3H3. The summed E-state index contributed by atoms with van der Waals surface area (Å²) >= 11 is 0. The Morgan fingerprint density at radius 1 is 1.04 bits per heavy atom. The topological polar surface area (TPSA) is 31.4 Å². The van der Waals surface area contributed by atoms with Crippen molar-refractivity contribution in [2.45, 2.75) is 25.6 Å². The van der Waals surface area contributed by atoms with Crippen LogP contribution in [-0.4, -0.2) is 17.7 Å². The number of benzene rings is 2. The third-order valence-electron chi connectivity index (χ3n) is 4.80. The molecule has 7 heteroatoms. The van der Waals surface area contributed by atoms with Gasteiger partial charge < -0.3 is 9.31 Å². The molecule has 2 aromatic carbocycles. The van der Waals surface area contributed by atoms with Crippen LogP contribution in [-0.2, 0) is 15.5 Å². The summed E-state index contributed by atoms with van der Waals surface area (Å²) in [5, 5.41) is 0.0343. The monoisotopic (exact) mass is 383 g/mol. The zero-order valence-electron chi connectivity index (χ0n) is 15.4. The largest absolute Gasteiger partial charge is 0.563 e. The fourth-order valence-corrected chi connectivity index (χ4v) is 3.15. The summed E-state index contributed by atoms with van der Waals surface area (Å²) in [6, 6.07) is 14.4. The Hall–Kier alpha value is -2.80. The number of alkyl halides is 3. The quantitative estimate of drug-likeness (QED) is 0.587. The maximum atomic E-state index is 13.7. The summed E-state index contributed by atoms with van der Waals surface area (Å²) in [4.78, 5) is 4.47. The average Bonchev–Trinajstić information content (AvgIpc) is 2.93. The van der Waals surface area contributed by atoms with Crippen LogP contribution in [0.3, 0.4) is 0 Å². The number of aromatic nitrogens is 1. The van der Waals surface area contributed by atoms with Crippen molar-refractivity contribution in [2.75, 3.05) is 0 Å². The molecule has 1 aliphatic heterocycles. The van der Waals surface area contributed by atoms with E-state index in [1.165, 1.54) is 6.07 Å². The summed E-state index contributed by atoms with van der Waals surface area (Å²) in [6.07, 6.45) is -4.50. The zero-order chi connectivity index (χ0) is 20.1. The van der Waals surface area contributed by atoms with Gasteiger partial charge >= 0.3 is 13.3 Å². The lowest BCUT2D eigenvalue weighted by atomic mass is 9.78. The minimum absolute atomic E-state index is 0.0343. The van der Waals surface area contributed by atoms with Gasteiger partial charge in [-0.25, -0.2) is 4.98 Å². The van der Waals surface area contributed by atoms with E-state index in [1.807, 2.05) is 13.8 Å². The molecule has 0 unspecified atom stereocenters. The summed E-state index contributed by atoms with van der Waals surface area (Å²) in [5.41, 5.74) is 0.300. The Morgan fingerprint density at radius 2 is 1.75 bits per heavy atom. The number of halogens is 3. The van der Waals surface area contributed by atoms with E-state index < -0.39 is 24.5 Å². The van der Waals surface area contributed by atoms with Gasteiger partial charge in [-0.3, -0.25) is 0 Å². The van der Waals surface area contributed by atoms with Crippen LogP contribution in [0.4, 0.5) is 13.2 Å². The molecule has 0 spiro atoms. The van der Waals surface area contributed by atoms with E-state index in [-0.39, 0.29) is 16.6 Å². The van der Waals surface area contributed by atoms with Gasteiger partial charge in [0.15, 0.2) is 0 Å². The summed E-state index contributed by atoms with van der Waals surface area (Å²) in [7, 11) is -0.733. The van der Waals surface area contributed by atoms with Gasteiger partial charge in [-0.1, -0.05) is 49.0 Å². The Balaban J connectivity index is 1.87. The summed E-state index contributed by atoms with van der Waals surface area (Å²) in [5.74, 6) is 0.472. The van der Waals surface area contributed by atoms with Crippen molar-refractivity contribution in [2.24, 2.45) is 0 Å². The van der Waals surface area contributed by atoms with Gasteiger partial charge in [-0.05, 0) is 31.4 Å². The van der Waals surface area contributed by atoms with Crippen LogP contribution in [0.2, 0.25) is 0 Å². The molecule has 0 amide bonds. The fourth-order valence-electron chi connectivity index (χ4n) is 3.15. The third-order valence-corrected chi connectivity index (χ3v) is 4.80. The van der Waals surface area contributed by atoms with E-state index in [1.54, 1.807) is 42.5 Å². The number of hydrogen-bond acceptors (Lipinski definition) is 3. The normalized spacial score (nSPS) is 16.5. The molecule has 1 aliphatic rings. The van der Waals surface area contributed by atoms with Gasteiger partial charge in [0.1, 0.15) is 5.60 Å². The lowest BCUT2D eigenvalue weighted by molar-refractivity contribution is -0.136. The minimum Gasteiger partial charge on any atom is -0.534 e. The predicted octanol–water partition coefficient (Wildman–Crippen LogP) is 4.95. The molecule has 142 valence electrons. The molecule has 0 saturated carbocycles. The van der Waals surface area contributed by atoms with Crippen LogP contribution in [0.15, 0.2) is 66.9 Å². The van der Waals surface area contributed by atoms with Crippen LogP contribution in [0.5, 0.6) is 0 Å². The zero-order valence-corrected chi connectivity index (χ0v) is 15.4. The Labute approximate surface area is 161 Å². The van der Waals surface area contributed by atoms with Gasteiger partial charge in [-0.15, -0.1) is 0 Å². The Kier molecular flexibility index (Phi) is 4.23. The second-order valence-electron chi connectivity index (χ2n) is 7.20. The molecule has 1 fully saturated rings. The highest BCUT2D eigenvalue weighted by molar-refractivity contribution is 6.62. The maximum absolute atomic E-state index is 13.7. The first-order valence-corrected chi connectivity index (χ1v) is 8.76. The number of hydrogen-bond donors (Lipinski definition) is 0. The SMILES string of the molecule is C=C1OB(c2ccc3c(C(F)(F)F)cc(-c4ccccc4)nc3c2)OC1(C)C. The lowest BCUT2D eigenvalue weighted by Gasteiger charge is -2.16. The van der Waals surface area contributed by atoms with E-state index >= 15 is 0 Å². The van der Waals surface area contributed by atoms with Gasteiger partial charge in [0.2, 0.25) is 0 Å². The molecule has 4 rings (SSSR count). The molecular weight excluding hydrogens is 366 g/mol. The summed E-state index contributed by atoms with van der Waals surface area (Å²) in [6.45, 7) is 7.48. The number of nitrogens with zero attached hydrogens (tertiary/aromatic N) is 1. The smallest absolute Gasteiger partial charge is 0.534 e. The van der Waals surface area contributed by atoms with E-state index in [2.05, 4.69) is 11.6 Å². The first-order chi connectivity index (χ1) is 13.1. The van der Waals surface area contributed by atoms with Crippen molar-refractivity contribution in [3.63, 3.8) is 0 Å². The number of fused-ring (bicyclic) bond motifs is 1. The molecule has 1 saturated heterocycles. The van der Waals surface area contributed by atoms with Crippen LogP contribution in [0, 0.1) is 0 Å². The van der Waals surface area contributed by atoms with Gasteiger partial charge in [0, 0.05) is 10.9 Å². The number of rotatable bonds is 2. The third kappa shape index (κ3) is 3.26. The Bertz CT molecular complexity index is 1060. The van der Waals surface area contributed by atoms with Crippen LogP contribution < -0.4 is 5.46 Å². The molecule has 0 radical (unpaired) electrons. The van der Waals surface area contributed by atoms with E-state index in [0.717, 1.165) is 6.07 Å². The van der Waals surface area contributed by atoms with Gasteiger partial charge in [-0.2, -0.15) is 13.2 Å². The minimum atomic E-state index is -4.50. The van der Waals surface area contributed by atoms with Crippen molar-refractivity contribution in [1.82, 2.24) is 4.98 Å². The lowest BCUT2D eigenvalue weighted by Crippen LogP contribution is -2.34.